The van der Waals surface area contributed by atoms with E-state index in [9.17, 15) is 24.8 Å². The van der Waals surface area contributed by atoms with E-state index in [0.29, 0.717) is 5.56 Å². The predicted octanol–water partition coefficient (Wildman–Crippen LogP) is 4.23. The van der Waals surface area contributed by atoms with Crippen LogP contribution in [0.4, 0.5) is 5.69 Å². The number of thioether (sulfide) groups is 1. The minimum absolute atomic E-state index is 0.0212. The zero-order chi connectivity index (χ0) is 24.2. The van der Waals surface area contributed by atoms with Crippen LogP contribution in [0, 0.1) is 16.0 Å². The number of carboxylic acid groups (broad SMARTS) is 1. The Labute approximate surface area is 198 Å². The normalized spacial score (nSPS) is 26.5. The number of carboxylic acids is 1. The molecule has 1 aromatic rings. The van der Waals surface area contributed by atoms with Crippen LogP contribution in [0.3, 0.4) is 0 Å². The van der Waals surface area contributed by atoms with Crippen molar-refractivity contribution in [3.8, 4) is 0 Å². The first-order valence-electron chi connectivity index (χ1n) is 10.3. The standard InChI is InChI=1S/C21H28N2O6S2Si/c1-12(29-32(5,6)20(2,3)4)15-16(24)22-17(15)31-19(30)21(22,18(25)26)11-13-7-9-14(10-8-13)23(27)28/h7-10,12,15,17H,11H2,1-6H3,(H,25,26)/t12-,15+,17+,21?/m1/s1. The third kappa shape index (κ3) is 3.89. The molecule has 174 valence electrons. The van der Waals surface area contributed by atoms with E-state index < -0.39 is 36.0 Å². The summed E-state index contributed by atoms with van der Waals surface area (Å²) in [4.78, 5) is 37.5. The fraction of sp³-hybridized carbons (Fsp3) is 0.571. The number of nitrogens with zero attached hydrogens (tertiary/aromatic N) is 2. The molecule has 2 aliphatic rings. The molecule has 1 amide bonds. The largest absolute Gasteiger partial charge is 0.479 e. The van der Waals surface area contributed by atoms with Crippen molar-refractivity contribution in [2.45, 2.75) is 69.3 Å². The minimum atomic E-state index is -2.12. The van der Waals surface area contributed by atoms with Gasteiger partial charge in [-0.3, -0.25) is 14.9 Å². The predicted molar refractivity (Wildman–Crippen MR) is 129 cm³/mol. The lowest BCUT2D eigenvalue weighted by atomic mass is 9.82. The van der Waals surface area contributed by atoms with Gasteiger partial charge in [0.15, 0.2) is 13.9 Å². The average Bonchev–Trinajstić information content (AvgIpc) is 2.90. The molecule has 0 aromatic heterocycles. The van der Waals surface area contributed by atoms with Gasteiger partial charge in [-0.15, -0.1) is 0 Å². The van der Waals surface area contributed by atoms with Gasteiger partial charge in [0.1, 0.15) is 0 Å². The van der Waals surface area contributed by atoms with E-state index in [1.165, 1.54) is 40.9 Å². The molecule has 2 heterocycles. The van der Waals surface area contributed by atoms with Crippen molar-refractivity contribution >= 4 is 54.1 Å². The van der Waals surface area contributed by atoms with Crippen molar-refractivity contribution in [3.63, 3.8) is 0 Å². The van der Waals surface area contributed by atoms with Gasteiger partial charge in [-0.25, -0.2) is 4.79 Å². The highest BCUT2D eigenvalue weighted by atomic mass is 32.2. The molecule has 32 heavy (non-hydrogen) atoms. The van der Waals surface area contributed by atoms with Gasteiger partial charge in [0, 0.05) is 18.6 Å². The number of carbonyl (C=O) groups excluding carboxylic acids is 1. The summed E-state index contributed by atoms with van der Waals surface area (Å²) in [7, 11) is -2.12. The number of β-lactam (4-membered cyclic amide) rings is 1. The fourth-order valence-electron chi connectivity index (χ4n) is 3.92. The van der Waals surface area contributed by atoms with Gasteiger partial charge in [0.2, 0.25) is 5.91 Å². The summed E-state index contributed by atoms with van der Waals surface area (Å²) < 4.78 is 6.65. The van der Waals surface area contributed by atoms with Crippen LogP contribution in [-0.4, -0.2) is 56.3 Å². The Balaban J connectivity index is 1.86. The molecule has 2 aliphatic heterocycles. The molecular formula is C21H28N2O6S2Si. The second-order valence-electron chi connectivity index (χ2n) is 9.88. The second-order valence-corrected chi connectivity index (χ2v) is 16.4. The van der Waals surface area contributed by atoms with E-state index in [4.69, 9.17) is 16.6 Å². The van der Waals surface area contributed by atoms with E-state index in [-0.39, 0.29) is 33.4 Å². The number of benzene rings is 1. The first-order chi connectivity index (χ1) is 14.6. The third-order valence-corrected chi connectivity index (χ3v) is 13.3. The highest BCUT2D eigenvalue weighted by Gasteiger charge is 2.69. The van der Waals surface area contributed by atoms with Crippen LogP contribution in [0.15, 0.2) is 24.3 Å². The lowest BCUT2D eigenvalue weighted by Crippen LogP contribution is -2.71. The Hall–Kier alpha value is -1.82. The quantitative estimate of drug-likeness (QED) is 0.196. The highest BCUT2D eigenvalue weighted by molar-refractivity contribution is 8.24. The molecule has 0 bridgehead atoms. The molecule has 8 nitrogen and oxygen atoms in total. The molecule has 0 radical (unpaired) electrons. The Morgan fingerprint density at radius 3 is 2.41 bits per heavy atom. The Morgan fingerprint density at radius 1 is 1.38 bits per heavy atom. The van der Waals surface area contributed by atoms with Crippen LogP contribution in [0.5, 0.6) is 0 Å². The number of hydrogen-bond donors (Lipinski definition) is 1. The summed E-state index contributed by atoms with van der Waals surface area (Å²) >= 11 is 6.73. The molecule has 1 N–H and O–H groups in total. The zero-order valence-electron chi connectivity index (χ0n) is 18.9. The molecule has 1 unspecified atom stereocenters. The second kappa shape index (κ2) is 8.19. The van der Waals surface area contributed by atoms with Crippen LogP contribution >= 0.6 is 24.0 Å². The van der Waals surface area contributed by atoms with Gasteiger partial charge in [-0.2, -0.15) is 0 Å². The van der Waals surface area contributed by atoms with E-state index >= 15 is 0 Å². The number of amides is 1. The molecule has 2 saturated heterocycles. The van der Waals surface area contributed by atoms with Crippen LogP contribution < -0.4 is 0 Å². The molecule has 4 atom stereocenters. The first-order valence-corrected chi connectivity index (χ1v) is 14.5. The maximum Gasteiger partial charge on any atom is 0.336 e. The van der Waals surface area contributed by atoms with Gasteiger partial charge in [-0.1, -0.05) is 56.9 Å². The van der Waals surface area contributed by atoms with Gasteiger partial charge >= 0.3 is 5.97 Å². The number of hydrogen-bond acceptors (Lipinski definition) is 7. The number of thiocarbonyl (C=S) groups is 1. The summed E-state index contributed by atoms with van der Waals surface area (Å²) in [5.74, 6) is -1.94. The monoisotopic (exact) mass is 496 g/mol. The molecule has 0 spiro atoms. The molecule has 3 rings (SSSR count). The van der Waals surface area contributed by atoms with Gasteiger partial charge < -0.3 is 14.4 Å². The zero-order valence-corrected chi connectivity index (χ0v) is 21.6. The van der Waals surface area contributed by atoms with Gasteiger partial charge in [0.05, 0.1) is 26.5 Å². The summed E-state index contributed by atoms with van der Waals surface area (Å²) in [6.45, 7) is 12.5. The van der Waals surface area contributed by atoms with Crippen LogP contribution in [0.25, 0.3) is 0 Å². The minimum Gasteiger partial charge on any atom is -0.479 e. The van der Waals surface area contributed by atoms with E-state index in [1.807, 2.05) is 6.92 Å². The van der Waals surface area contributed by atoms with Crippen LogP contribution in [0.1, 0.15) is 33.3 Å². The molecule has 11 heteroatoms. The lowest BCUT2D eigenvalue weighted by Gasteiger charge is -2.51. The molecule has 1 aromatic carbocycles. The number of nitro groups is 1. The van der Waals surface area contributed by atoms with Crippen LogP contribution in [0.2, 0.25) is 18.1 Å². The van der Waals surface area contributed by atoms with E-state index in [1.54, 1.807) is 0 Å². The number of fused-ring (bicyclic) bond motifs is 1. The van der Waals surface area contributed by atoms with Crippen molar-refractivity contribution < 1.29 is 24.0 Å². The van der Waals surface area contributed by atoms with Crippen molar-refractivity contribution in [2.24, 2.45) is 5.92 Å². The maximum absolute atomic E-state index is 13.3. The van der Waals surface area contributed by atoms with E-state index in [2.05, 4.69) is 33.9 Å². The number of carbonyl (C=O) groups is 2. The van der Waals surface area contributed by atoms with Crippen molar-refractivity contribution in [1.29, 1.82) is 0 Å². The number of aliphatic carboxylic acids is 1. The Bertz CT molecular complexity index is 977. The molecule has 2 fully saturated rings. The van der Waals surface area contributed by atoms with Crippen molar-refractivity contribution in [1.82, 2.24) is 4.90 Å². The summed E-state index contributed by atoms with van der Waals surface area (Å²) in [6.07, 6.45) is -0.401. The Morgan fingerprint density at radius 2 is 1.94 bits per heavy atom. The highest BCUT2D eigenvalue weighted by Crippen LogP contribution is 2.53. The number of nitro benzene ring substituents is 1. The van der Waals surface area contributed by atoms with Gasteiger partial charge in [-0.05, 0) is 30.6 Å². The summed E-state index contributed by atoms with van der Waals surface area (Å²) in [5, 5.41) is 20.7. The number of non-ortho nitro benzene ring substituents is 1. The third-order valence-electron chi connectivity index (χ3n) is 6.81. The summed E-state index contributed by atoms with van der Waals surface area (Å²) in [6, 6.07) is 5.66. The van der Waals surface area contributed by atoms with E-state index in [0.717, 1.165) is 0 Å². The van der Waals surface area contributed by atoms with Gasteiger partial charge in [0.25, 0.3) is 5.69 Å². The summed E-state index contributed by atoms with van der Waals surface area (Å²) in [5.41, 5.74) is -1.19. The van der Waals surface area contributed by atoms with Crippen molar-refractivity contribution in [2.75, 3.05) is 0 Å². The van der Waals surface area contributed by atoms with Crippen LogP contribution in [-0.2, 0) is 20.4 Å². The lowest BCUT2D eigenvalue weighted by molar-refractivity contribution is -0.384. The average molecular weight is 497 g/mol. The fourth-order valence-corrected chi connectivity index (χ4v) is 7.45. The Kier molecular flexibility index (Phi) is 6.35. The first kappa shape index (κ1) is 24.8. The molecule has 0 aliphatic carbocycles. The topological polar surface area (TPSA) is 110 Å². The SMILES string of the molecule is C[C@@H](O[Si](C)(C)C(C)(C)C)[C@H]1C(=O)N2[C@H]1SC(=S)C2(Cc1ccc([N+](=O)[O-])cc1)C(=O)O. The molecule has 0 saturated carbocycles. The number of rotatable bonds is 7. The maximum atomic E-state index is 13.3. The molecular weight excluding hydrogens is 468 g/mol. The van der Waals surface area contributed by atoms with Crippen molar-refractivity contribution in [3.05, 3.63) is 39.9 Å². The smallest absolute Gasteiger partial charge is 0.336 e.